The van der Waals surface area contributed by atoms with Gasteiger partial charge in [-0.15, -0.1) is 16.4 Å². The number of hydrogen-bond donors (Lipinski definition) is 1. The Morgan fingerprint density at radius 1 is 1.37 bits per heavy atom. The van der Waals surface area contributed by atoms with E-state index in [-0.39, 0.29) is 5.91 Å². The molecule has 1 N–H and O–H groups in total. The summed E-state index contributed by atoms with van der Waals surface area (Å²) in [6.07, 6.45) is 4.68. The number of carbonyl (C=O) groups is 1. The Hall–Kier alpha value is -2.61. The average Bonchev–Trinajstić information content (AvgIpc) is 3.10. The van der Waals surface area contributed by atoms with Gasteiger partial charge >= 0.3 is 0 Å². The fraction of sp³-hybridized carbons (Fsp3) is 0. The quantitative estimate of drug-likeness (QED) is 0.778. The standard InChI is InChI=1S/C11H8N6OS/c18-11(14-8-2-1-4-12-6-8)10-9(3-5-19-10)17-7-13-15-16-17/h1-7H,(H,14,18). The van der Waals surface area contributed by atoms with Gasteiger partial charge in [0.15, 0.2) is 0 Å². The van der Waals surface area contributed by atoms with Crippen LogP contribution >= 0.6 is 11.3 Å². The summed E-state index contributed by atoms with van der Waals surface area (Å²) in [7, 11) is 0. The van der Waals surface area contributed by atoms with Gasteiger partial charge in [-0.25, -0.2) is 0 Å². The molecule has 7 nitrogen and oxygen atoms in total. The summed E-state index contributed by atoms with van der Waals surface area (Å²) in [4.78, 5) is 16.7. The van der Waals surface area contributed by atoms with Gasteiger partial charge in [0.2, 0.25) is 0 Å². The second-order valence-electron chi connectivity index (χ2n) is 3.59. The first-order valence-corrected chi connectivity index (χ1v) is 6.25. The lowest BCUT2D eigenvalue weighted by molar-refractivity contribution is 0.103. The van der Waals surface area contributed by atoms with Crippen molar-refractivity contribution in [2.45, 2.75) is 0 Å². The maximum atomic E-state index is 12.2. The average molecular weight is 272 g/mol. The van der Waals surface area contributed by atoms with Gasteiger partial charge in [0.05, 0.1) is 17.6 Å². The van der Waals surface area contributed by atoms with E-state index in [0.717, 1.165) is 0 Å². The number of pyridine rings is 1. The molecule has 8 heteroatoms. The monoisotopic (exact) mass is 272 g/mol. The van der Waals surface area contributed by atoms with E-state index in [1.54, 1.807) is 30.6 Å². The lowest BCUT2D eigenvalue weighted by Gasteiger charge is -2.04. The molecule has 0 radical (unpaired) electrons. The van der Waals surface area contributed by atoms with Crippen LogP contribution in [0, 0.1) is 0 Å². The van der Waals surface area contributed by atoms with Crippen LogP contribution in [0.25, 0.3) is 5.69 Å². The summed E-state index contributed by atoms with van der Waals surface area (Å²) in [6.45, 7) is 0. The van der Waals surface area contributed by atoms with Crippen LogP contribution in [-0.2, 0) is 0 Å². The van der Waals surface area contributed by atoms with Crippen LogP contribution in [0.15, 0.2) is 42.3 Å². The first kappa shape index (κ1) is 11.5. The van der Waals surface area contributed by atoms with Gasteiger partial charge < -0.3 is 5.32 Å². The zero-order valence-corrected chi connectivity index (χ0v) is 10.4. The molecule has 94 valence electrons. The molecule has 1 amide bonds. The number of anilines is 1. The molecule has 0 bridgehead atoms. The van der Waals surface area contributed by atoms with E-state index in [9.17, 15) is 4.79 Å². The highest BCUT2D eigenvalue weighted by Crippen LogP contribution is 2.21. The molecule has 0 atom stereocenters. The molecule has 3 aromatic heterocycles. The van der Waals surface area contributed by atoms with Gasteiger partial charge in [-0.2, -0.15) is 4.68 Å². The molecule has 0 saturated heterocycles. The number of thiophene rings is 1. The van der Waals surface area contributed by atoms with Crippen LogP contribution in [0.1, 0.15) is 9.67 Å². The van der Waals surface area contributed by atoms with Crippen LogP contribution < -0.4 is 5.32 Å². The Labute approximate surface area is 111 Å². The number of hydrogen-bond acceptors (Lipinski definition) is 6. The minimum atomic E-state index is -0.214. The van der Waals surface area contributed by atoms with E-state index in [1.165, 1.54) is 22.3 Å². The van der Waals surface area contributed by atoms with E-state index in [1.807, 2.05) is 5.38 Å². The summed E-state index contributed by atoms with van der Waals surface area (Å²) in [5.74, 6) is -0.214. The number of aromatic nitrogens is 5. The van der Waals surface area contributed by atoms with Crippen molar-refractivity contribution in [1.82, 2.24) is 25.2 Å². The second kappa shape index (κ2) is 4.94. The van der Waals surface area contributed by atoms with E-state index >= 15 is 0 Å². The molecule has 0 unspecified atom stereocenters. The smallest absolute Gasteiger partial charge is 0.268 e. The van der Waals surface area contributed by atoms with Gasteiger partial charge in [-0.1, -0.05) is 0 Å². The minimum absolute atomic E-state index is 0.214. The highest BCUT2D eigenvalue weighted by atomic mass is 32.1. The molecule has 3 heterocycles. The van der Waals surface area contributed by atoms with E-state index in [2.05, 4.69) is 25.8 Å². The SMILES string of the molecule is O=C(Nc1cccnc1)c1sccc1-n1cnnn1. The van der Waals surface area contributed by atoms with Crippen molar-refractivity contribution in [2.75, 3.05) is 5.32 Å². The van der Waals surface area contributed by atoms with Gasteiger partial charge in [0.1, 0.15) is 11.2 Å². The minimum Gasteiger partial charge on any atom is -0.320 e. The largest absolute Gasteiger partial charge is 0.320 e. The zero-order chi connectivity index (χ0) is 13.1. The number of nitrogens with one attached hydrogen (secondary N) is 1. The van der Waals surface area contributed by atoms with Crippen LogP contribution in [0.5, 0.6) is 0 Å². The first-order chi connectivity index (χ1) is 9.34. The Bertz CT molecular complexity index is 678. The van der Waals surface area contributed by atoms with Crippen molar-refractivity contribution in [2.24, 2.45) is 0 Å². The molecule has 0 saturated carbocycles. The molecule has 0 fully saturated rings. The van der Waals surface area contributed by atoms with Crippen molar-refractivity contribution in [1.29, 1.82) is 0 Å². The van der Waals surface area contributed by atoms with Crippen LogP contribution in [-0.4, -0.2) is 31.1 Å². The Balaban J connectivity index is 1.87. The lowest BCUT2D eigenvalue weighted by atomic mass is 10.3. The molecule has 3 aromatic rings. The van der Waals surface area contributed by atoms with E-state index < -0.39 is 0 Å². The predicted molar refractivity (Wildman–Crippen MR) is 69.2 cm³/mol. The molecular formula is C11H8N6OS. The number of amides is 1. The van der Waals surface area contributed by atoms with E-state index in [4.69, 9.17) is 0 Å². The molecule has 3 rings (SSSR count). The maximum Gasteiger partial charge on any atom is 0.268 e. The number of nitrogens with zero attached hydrogens (tertiary/aromatic N) is 5. The third-order valence-corrected chi connectivity index (χ3v) is 3.27. The fourth-order valence-electron chi connectivity index (χ4n) is 1.55. The third-order valence-electron chi connectivity index (χ3n) is 2.37. The number of carbonyl (C=O) groups excluding carboxylic acids is 1. The molecular weight excluding hydrogens is 264 g/mol. The molecule has 0 aliphatic heterocycles. The molecule has 0 spiro atoms. The Kier molecular flexibility index (Phi) is 2.99. The highest BCUT2D eigenvalue weighted by molar-refractivity contribution is 7.12. The summed E-state index contributed by atoms with van der Waals surface area (Å²) in [5.41, 5.74) is 1.29. The van der Waals surface area contributed by atoms with Crippen molar-refractivity contribution in [3.05, 3.63) is 47.2 Å². The normalized spacial score (nSPS) is 10.3. The number of tetrazole rings is 1. The van der Waals surface area contributed by atoms with Crippen molar-refractivity contribution in [3.63, 3.8) is 0 Å². The Morgan fingerprint density at radius 2 is 2.32 bits per heavy atom. The maximum absolute atomic E-state index is 12.2. The second-order valence-corrected chi connectivity index (χ2v) is 4.50. The van der Waals surface area contributed by atoms with Crippen LogP contribution in [0.4, 0.5) is 5.69 Å². The summed E-state index contributed by atoms with van der Waals surface area (Å²) in [6, 6.07) is 5.32. The molecule has 0 aliphatic carbocycles. The first-order valence-electron chi connectivity index (χ1n) is 5.37. The van der Waals surface area contributed by atoms with Crippen LogP contribution in [0.2, 0.25) is 0 Å². The third kappa shape index (κ3) is 2.33. The highest BCUT2D eigenvalue weighted by Gasteiger charge is 2.15. The van der Waals surface area contributed by atoms with Gasteiger partial charge in [-0.3, -0.25) is 9.78 Å². The van der Waals surface area contributed by atoms with Crippen LogP contribution in [0.3, 0.4) is 0 Å². The predicted octanol–water partition coefficient (Wildman–Crippen LogP) is 1.37. The van der Waals surface area contributed by atoms with Crippen molar-refractivity contribution >= 4 is 22.9 Å². The summed E-state index contributed by atoms with van der Waals surface area (Å²) in [5, 5.41) is 15.5. The molecule has 0 aromatic carbocycles. The topological polar surface area (TPSA) is 85.6 Å². The van der Waals surface area contributed by atoms with E-state index in [0.29, 0.717) is 16.3 Å². The van der Waals surface area contributed by atoms with Gasteiger partial charge in [-0.05, 0) is 34.0 Å². The Morgan fingerprint density at radius 3 is 3.05 bits per heavy atom. The molecule has 19 heavy (non-hydrogen) atoms. The summed E-state index contributed by atoms with van der Waals surface area (Å²) >= 11 is 1.33. The fourth-order valence-corrected chi connectivity index (χ4v) is 2.32. The lowest BCUT2D eigenvalue weighted by Crippen LogP contribution is -2.13. The van der Waals surface area contributed by atoms with Crippen molar-refractivity contribution < 1.29 is 4.79 Å². The number of rotatable bonds is 3. The van der Waals surface area contributed by atoms with Gasteiger partial charge in [0.25, 0.3) is 5.91 Å². The van der Waals surface area contributed by atoms with Gasteiger partial charge in [0, 0.05) is 6.20 Å². The molecule has 0 aliphatic rings. The van der Waals surface area contributed by atoms with Crippen molar-refractivity contribution in [3.8, 4) is 5.69 Å². The zero-order valence-electron chi connectivity index (χ0n) is 9.59. The summed E-state index contributed by atoms with van der Waals surface area (Å²) < 4.78 is 1.45.